The zero-order valence-corrected chi connectivity index (χ0v) is 13.7. The van der Waals surface area contributed by atoms with Crippen LogP contribution < -0.4 is 11.1 Å². The molecular formula is C16H31N3O2. The molecule has 1 saturated carbocycles. The summed E-state index contributed by atoms with van der Waals surface area (Å²) in [7, 11) is 1.78. The molecule has 2 aliphatic rings. The number of hydrogen-bond acceptors (Lipinski definition) is 4. The second kappa shape index (κ2) is 7.07. The highest BCUT2D eigenvalue weighted by atomic mass is 16.5. The average molecular weight is 297 g/mol. The molecule has 2 fully saturated rings. The number of nitrogens with two attached hydrogens (primary N) is 1. The fraction of sp³-hybridized carbons (Fsp3) is 0.938. The summed E-state index contributed by atoms with van der Waals surface area (Å²) >= 11 is 0. The smallest absolute Gasteiger partial charge is 0.237 e. The first kappa shape index (κ1) is 16.7. The van der Waals surface area contributed by atoms with Gasteiger partial charge in [-0.15, -0.1) is 0 Å². The van der Waals surface area contributed by atoms with Gasteiger partial charge in [0.05, 0.1) is 12.1 Å². The van der Waals surface area contributed by atoms with Crippen LogP contribution in [-0.2, 0) is 9.53 Å². The number of carbonyl (C=O) groups excluding carboxylic acids is 1. The van der Waals surface area contributed by atoms with Crippen LogP contribution in [0, 0.1) is 5.92 Å². The average Bonchev–Trinajstić information content (AvgIpc) is 2.84. The van der Waals surface area contributed by atoms with E-state index in [9.17, 15) is 4.79 Å². The van der Waals surface area contributed by atoms with Crippen LogP contribution in [0.25, 0.3) is 0 Å². The van der Waals surface area contributed by atoms with Crippen molar-refractivity contribution < 1.29 is 9.53 Å². The van der Waals surface area contributed by atoms with E-state index >= 15 is 0 Å². The van der Waals surface area contributed by atoms with Gasteiger partial charge in [0.2, 0.25) is 5.91 Å². The molecule has 122 valence electrons. The van der Waals surface area contributed by atoms with E-state index in [4.69, 9.17) is 10.5 Å². The molecule has 3 atom stereocenters. The Morgan fingerprint density at radius 1 is 1.48 bits per heavy atom. The molecular weight excluding hydrogens is 266 g/mol. The first-order valence-corrected chi connectivity index (χ1v) is 8.27. The van der Waals surface area contributed by atoms with Crippen molar-refractivity contribution >= 4 is 5.91 Å². The van der Waals surface area contributed by atoms with Gasteiger partial charge in [0.15, 0.2) is 0 Å². The lowest BCUT2D eigenvalue weighted by molar-refractivity contribution is -0.124. The van der Waals surface area contributed by atoms with Gasteiger partial charge < -0.3 is 15.8 Å². The van der Waals surface area contributed by atoms with Gasteiger partial charge >= 0.3 is 0 Å². The van der Waals surface area contributed by atoms with Crippen molar-refractivity contribution in [3.05, 3.63) is 0 Å². The van der Waals surface area contributed by atoms with Gasteiger partial charge in [-0.2, -0.15) is 0 Å². The van der Waals surface area contributed by atoms with E-state index in [1.165, 1.54) is 12.8 Å². The second-order valence-electron chi connectivity index (χ2n) is 7.10. The summed E-state index contributed by atoms with van der Waals surface area (Å²) in [6.45, 7) is 7.23. The molecule has 5 heteroatoms. The van der Waals surface area contributed by atoms with E-state index in [2.05, 4.69) is 24.1 Å². The van der Waals surface area contributed by atoms with Gasteiger partial charge in [-0.05, 0) is 58.4 Å². The number of nitrogens with zero attached hydrogens (tertiary/aromatic N) is 1. The Morgan fingerprint density at radius 3 is 2.86 bits per heavy atom. The topological polar surface area (TPSA) is 67.6 Å². The first-order chi connectivity index (χ1) is 9.97. The number of ether oxygens (including phenoxy) is 1. The van der Waals surface area contributed by atoms with E-state index in [0.29, 0.717) is 12.0 Å². The van der Waals surface area contributed by atoms with E-state index < -0.39 is 5.54 Å². The maximum Gasteiger partial charge on any atom is 0.237 e. The maximum absolute atomic E-state index is 12.0. The minimum atomic E-state index is -0.507. The SMILES string of the molecule is COCC1CCCN(C2CCC(NC(C)C)(C(N)=O)C2)C1. The predicted octanol–water partition coefficient (Wildman–Crippen LogP) is 1.12. The highest BCUT2D eigenvalue weighted by molar-refractivity contribution is 5.85. The zero-order chi connectivity index (χ0) is 15.5. The predicted molar refractivity (Wildman–Crippen MR) is 84.0 cm³/mol. The number of likely N-dealkylation sites (tertiary alicyclic amines) is 1. The van der Waals surface area contributed by atoms with Crippen LogP contribution in [0.5, 0.6) is 0 Å². The number of primary amides is 1. The van der Waals surface area contributed by atoms with Crippen LogP contribution in [-0.4, -0.2) is 55.2 Å². The summed E-state index contributed by atoms with van der Waals surface area (Å²) in [6.07, 6.45) is 5.24. The van der Waals surface area contributed by atoms with E-state index in [1.807, 2.05) is 0 Å². The molecule has 0 bridgehead atoms. The summed E-state index contributed by atoms with van der Waals surface area (Å²) in [5.74, 6) is 0.439. The number of methoxy groups -OCH3 is 1. The maximum atomic E-state index is 12.0. The minimum absolute atomic E-state index is 0.191. The Morgan fingerprint density at radius 2 is 2.24 bits per heavy atom. The van der Waals surface area contributed by atoms with Crippen LogP contribution in [0.2, 0.25) is 0 Å². The number of piperidine rings is 1. The van der Waals surface area contributed by atoms with Gasteiger partial charge in [0, 0.05) is 25.7 Å². The molecule has 3 N–H and O–H groups in total. The third kappa shape index (κ3) is 3.96. The van der Waals surface area contributed by atoms with E-state index in [-0.39, 0.29) is 11.9 Å². The lowest BCUT2D eigenvalue weighted by atomic mass is 9.93. The summed E-state index contributed by atoms with van der Waals surface area (Å²) in [5.41, 5.74) is 5.20. The monoisotopic (exact) mass is 297 g/mol. The number of rotatable bonds is 6. The summed E-state index contributed by atoms with van der Waals surface area (Å²) in [4.78, 5) is 14.5. The molecule has 0 aromatic rings. The molecule has 1 aliphatic carbocycles. The lowest BCUT2D eigenvalue weighted by Gasteiger charge is -2.37. The molecule has 21 heavy (non-hydrogen) atoms. The highest BCUT2D eigenvalue weighted by Gasteiger charge is 2.46. The fourth-order valence-electron chi connectivity index (χ4n) is 4.11. The molecule has 1 heterocycles. The molecule has 3 unspecified atom stereocenters. The lowest BCUT2D eigenvalue weighted by Crippen LogP contribution is -2.57. The van der Waals surface area contributed by atoms with Gasteiger partial charge in [0.1, 0.15) is 0 Å². The summed E-state index contributed by atoms with van der Waals surface area (Å²) in [5, 5.41) is 3.43. The van der Waals surface area contributed by atoms with Gasteiger partial charge in [-0.1, -0.05) is 0 Å². The third-order valence-corrected chi connectivity index (χ3v) is 4.99. The van der Waals surface area contributed by atoms with Crippen molar-refractivity contribution in [3.63, 3.8) is 0 Å². The first-order valence-electron chi connectivity index (χ1n) is 8.27. The quantitative estimate of drug-likeness (QED) is 0.771. The molecule has 2 rings (SSSR count). The molecule has 5 nitrogen and oxygen atoms in total. The van der Waals surface area contributed by atoms with Crippen LogP contribution >= 0.6 is 0 Å². The van der Waals surface area contributed by atoms with Crippen molar-refractivity contribution in [1.29, 1.82) is 0 Å². The second-order valence-corrected chi connectivity index (χ2v) is 7.10. The fourth-order valence-corrected chi connectivity index (χ4v) is 4.11. The number of amides is 1. The Bertz CT molecular complexity index is 359. The Labute approximate surface area is 128 Å². The van der Waals surface area contributed by atoms with Crippen LogP contribution in [0.3, 0.4) is 0 Å². The minimum Gasteiger partial charge on any atom is -0.384 e. The molecule has 1 amide bonds. The number of hydrogen-bond donors (Lipinski definition) is 2. The Hall–Kier alpha value is -0.650. The number of nitrogens with one attached hydrogen (secondary N) is 1. The molecule has 0 aromatic heterocycles. The number of carbonyl (C=O) groups is 1. The van der Waals surface area contributed by atoms with E-state index in [1.54, 1.807) is 7.11 Å². The van der Waals surface area contributed by atoms with Gasteiger partial charge in [0.25, 0.3) is 0 Å². The standard InChI is InChI=1S/C16H31N3O2/c1-12(2)18-16(15(17)20)7-6-14(9-16)19-8-4-5-13(10-19)11-21-3/h12-14,18H,4-11H2,1-3H3,(H2,17,20). The van der Waals surface area contributed by atoms with Crippen molar-refractivity contribution in [2.45, 2.75) is 63.6 Å². The summed E-state index contributed by atoms with van der Waals surface area (Å²) < 4.78 is 5.31. The molecule has 1 saturated heterocycles. The van der Waals surface area contributed by atoms with Crippen molar-refractivity contribution in [2.24, 2.45) is 11.7 Å². The molecule has 0 aromatic carbocycles. The summed E-state index contributed by atoms with van der Waals surface area (Å²) in [6, 6.07) is 0.752. The highest BCUT2D eigenvalue weighted by Crippen LogP contribution is 2.35. The zero-order valence-electron chi connectivity index (χ0n) is 13.7. The van der Waals surface area contributed by atoms with Crippen LogP contribution in [0.15, 0.2) is 0 Å². The molecule has 0 radical (unpaired) electrons. The van der Waals surface area contributed by atoms with Crippen molar-refractivity contribution in [2.75, 3.05) is 26.8 Å². The van der Waals surface area contributed by atoms with Crippen LogP contribution in [0.4, 0.5) is 0 Å². The van der Waals surface area contributed by atoms with E-state index in [0.717, 1.165) is 39.0 Å². The largest absolute Gasteiger partial charge is 0.384 e. The Kier molecular flexibility index (Phi) is 5.63. The van der Waals surface area contributed by atoms with Gasteiger partial charge in [-0.3, -0.25) is 9.69 Å². The van der Waals surface area contributed by atoms with Crippen molar-refractivity contribution in [1.82, 2.24) is 10.2 Å². The van der Waals surface area contributed by atoms with Crippen LogP contribution in [0.1, 0.15) is 46.0 Å². The third-order valence-electron chi connectivity index (χ3n) is 4.99. The van der Waals surface area contributed by atoms with Crippen molar-refractivity contribution in [3.8, 4) is 0 Å². The normalized spacial score (nSPS) is 34.5. The molecule has 0 spiro atoms. The molecule has 1 aliphatic heterocycles. The Balaban J connectivity index is 1.98. The van der Waals surface area contributed by atoms with Gasteiger partial charge in [-0.25, -0.2) is 0 Å².